The Kier molecular flexibility index (Phi) is 10.1. The molecule has 0 unspecified atom stereocenters. The second-order valence-corrected chi connectivity index (χ2v) is 8.26. The Balaban J connectivity index is 2.02. The van der Waals surface area contributed by atoms with Crippen molar-refractivity contribution in [2.45, 2.75) is 39.7 Å². The number of carbonyl (C=O) groups is 2. The summed E-state index contributed by atoms with van der Waals surface area (Å²) in [5.41, 5.74) is 4.65. The molecule has 0 spiro atoms. The topological polar surface area (TPSA) is 109 Å². The van der Waals surface area contributed by atoms with E-state index in [0.29, 0.717) is 35.5 Å². The Hall–Kier alpha value is -3.81. The minimum atomic E-state index is -0.768. The van der Waals surface area contributed by atoms with Gasteiger partial charge in [-0.3, -0.25) is 9.59 Å². The number of benzene rings is 2. The smallest absolute Gasteiger partial charge is 0.262 e. The molecule has 34 heavy (non-hydrogen) atoms. The Bertz CT molecular complexity index is 1030. The lowest BCUT2D eigenvalue weighted by atomic mass is 10.0. The highest BCUT2D eigenvalue weighted by Crippen LogP contribution is 2.31. The summed E-state index contributed by atoms with van der Waals surface area (Å²) in [4.78, 5) is 25.1. The van der Waals surface area contributed by atoms with E-state index < -0.39 is 17.9 Å². The Morgan fingerprint density at radius 2 is 1.94 bits per heavy atom. The van der Waals surface area contributed by atoms with E-state index >= 15 is 0 Å². The highest BCUT2D eigenvalue weighted by atomic mass is 16.5. The normalized spacial score (nSPS) is 11.8. The van der Waals surface area contributed by atoms with Gasteiger partial charge in [-0.2, -0.15) is 5.10 Å². The molecule has 2 rings (SSSR count). The van der Waals surface area contributed by atoms with Crippen LogP contribution in [-0.2, 0) is 16.0 Å². The third-order valence-corrected chi connectivity index (χ3v) is 4.96. The van der Waals surface area contributed by atoms with Gasteiger partial charge in [0.05, 0.1) is 13.3 Å². The molecule has 0 aliphatic rings. The number of nitrogens with zero attached hydrogens (tertiary/aromatic N) is 1. The van der Waals surface area contributed by atoms with E-state index in [-0.39, 0.29) is 18.3 Å². The highest BCUT2D eigenvalue weighted by molar-refractivity contribution is 5.89. The fourth-order valence-corrected chi connectivity index (χ4v) is 3.28. The van der Waals surface area contributed by atoms with E-state index in [9.17, 15) is 14.7 Å². The molecule has 8 heteroatoms. The fourth-order valence-electron chi connectivity index (χ4n) is 3.28. The lowest BCUT2D eigenvalue weighted by Crippen LogP contribution is -2.47. The summed E-state index contributed by atoms with van der Waals surface area (Å²) < 4.78 is 10.8. The predicted molar refractivity (Wildman–Crippen MR) is 132 cm³/mol. The van der Waals surface area contributed by atoms with Crippen LogP contribution in [-0.4, -0.2) is 42.9 Å². The number of phenolic OH excluding ortho intramolecular Hbond substituents is 1. The van der Waals surface area contributed by atoms with Gasteiger partial charge in [0.15, 0.2) is 18.1 Å². The lowest BCUT2D eigenvalue weighted by Gasteiger charge is -2.19. The molecular weight excluding hydrogens is 434 g/mol. The molecule has 3 N–H and O–H groups in total. The second kappa shape index (κ2) is 13.0. The highest BCUT2D eigenvalue weighted by Gasteiger charge is 2.22. The maximum Gasteiger partial charge on any atom is 0.262 e. The molecule has 0 bridgehead atoms. The monoisotopic (exact) mass is 467 g/mol. The van der Waals surface area contributed by atoms with Crippen molar-refractivity contribution in [2.75, 3.05) is 13.7 Å². The predicted octanol–water partition coefficient (Wildman–Crippen LogP) is 3.50. The number of methoxy groups -OCH3 is 1. The quantitative estimate of drug-likeness (QED) is 0.251. The molecular formula is C26H33N3O5. The number of ether oxygens (including phenoxy) is 2. The summed E-state index contributed by atoms with van der Waals surface area (Å²) in [5, 5.41) is 16.9. The minimum absolute atomic E-state index is 0.0382. The van der Waals surface area contributed by atoms with Gasteiger partial charge in [0.2, 0.25) is 0 Å². The number of allylic oxidation sites excluding steroid dienone is 1. The zero-order chi connectivity index (χ0) is 25.1. The number of hydrogen-bond acceptors (Lipinski definition) is 6. The van der Waals surface area contributed by atoms with Crippen molar-refractivity contribution in [3.05, 3.63) is 65.7 Å². The first-order valence-electron chi connectivity index (χ1n) is 11.1. The maximum atomic E-state index is 12.7. The van der Waals surface area contributed by atoms with E-state index in [2.05, 4.69) is 22.4 Å². The van der Waals surface area contributed by atoms with Crippen LogP contribution in [0.5, 0.6) is 17.2 Å². The number of carbonyl (C=O) groups excluding carboxylic acids is 2. The molecule has 0 aliphatic heterocycles. The van der Waals surface area contributed by atoms with Crippen molar-refractivity contribution in [3.8, 4) is 17.2 Å². The Morgan fingerprint density at radius 3 is 2.59 bits per heavy atom. The van der Waals surface area contributed by atoms with Crippen molar-refractivity contribution in [3.63, 3.8) is 0 Å². The molecule has 0 fully saturated rings. The van der Waals surface area contributed by atoms with Gasteiger partial charge < -0.3 is 19.9 Å². The van der Waals surface area contributed by atoms with Crippen molar-refractivity contribution < 1.29 is 24.2 Å². The van der Waals surface area contributed by atoms with Crippen LogP contribution in [0.1, 0.15) is 37.0 Å². The van der Waals surface area contributed by atoms with Crippen LogP contribution in [0.4, 0.5) is 0 Å². The van der Waals surface area contributed by atoms with Gasteiger partial charge in [-0.05, 0) is 55.0 Å². The van der Waals surface area contributed by atoms with Gasteiger partial charge in [-0.1, -0.05) is 38.1 Å². The zero-order valence-electron chi connectivity index (χ0n) is 20.1. The van der Waals surface area contributed by atoms with Crippen LogP contribution < -0.4 is 20.2 Å². The van der Waals surface area contributed by atoms with E-state index in [1.807, 2.05) is 39.0 Å². The average Bonchev–Trinajstić information content (AvgIpc) is 2.79. The van der Waals surface area contributed by atoms with E-state index in [1.54, 1.807) is 24.3 Å². The first-order valence-corrected chi connectivity index (χ1v) is 11.1. The van der Waals surface area contributed by atoms with Crippen molar-refractivity contribution in [1.82, 2.24) is 10.7 Å². The van der Waals surface area contributed by atoms with E-state index in [4.69, 9.17) is 9.47 Å². The third-order valence-electron chi connectivity index (χ3n) is 4.96. The number of aryl methyl sites for hydroxylation is 1. The minimum Gasteiger partial charge on any atom is -0.504 e. The van der Waals surface area contributed by atoms with Crippen LogP contribution >= 0.6 is 0 Å². The Morgan fingerprint density at radius 1 is 1.21 bits per heavy atom. The molecule has 2 aromatic carbocycles. The Labute approximate surface area is 200 Å². The van der Waals surface area contributed by atoms with Crippen LogP contribution in [0.2, 0.25) is 0 Å². The number of nitrogens with one attached hydrogen (secondary N) is 2. The molecule has 2 amide bonds. The van der Waals surface area contributed by atoms with Crippen molar-refractivity contribution in [1.29, 1.82) is 0 Å². The first kappa shape index (κ1) is 26.4. The largest absolute Gasteiger partial charge is 0.504 e. The summed E-state index contributed by atoms with van der Waals surface area (Å²) in [7, 11) is 1.46. The van der Waals surface area contributed by atoms with Gasteiger partial charge in [-0.15, -0.1) is 6.58 Å². The number of amides is 2. The SMILES string of the molecule is C=CCc1cc(/C=N\NC(=O)[C@@H](CC(C)C)NC(=O)COc2ccccc2C)cc(OC)c1O. The van der Waals surface area contributed by atoms with Gasteiger partial charge in [-0.25, -0.2) is 5.43 Å². The number of hydrazone groups is 1. The number of para-hydroxylation sites is 1. The van der Waals surface area contributed by atoms with Gasteiger partial charge in [0.25, 0.3) is 11.8 Å². The lowest BCUT2D eigenvalue weighted by molar-refractivity contribution is -0.130. The molecule has 182 valence electrons. The summed E-state index contributed by atoms with van der Waals surface area (Å²) in [6.07, 6.45) is 4.00. The van der Waals surface area contributed by atoms with Crippen LogP contribution in [0.25, 0.3) is 0 Å². The number of phenols is 1. The van der Waals surface area contributed by atoms with Gasteiger partial charge in [0.1, 0.15) is 11.8 Å². The molecule has 2 aromatic rings. The van der Waals surface area contributed by atoms with Crippen LogP contribution in [0.15, 0.2) is 54.2 Å². The molecule has 0 aromatic heterocycles. The standard InChI is InChI=1S/C26H33N3O5/c1-6-9-20-13-19(14-23(33-5)25(20)31)15-27-29-26(32)21(12-17(2)3)28-24(30)16-34-22-11-8-7-10-18(22)4/h6-8,10-11,13-15,17,21,31H,1,9,12,16H2,2-5H3,(H,28,30)(H,29,32)/b27-15-/t21-/m1/s1. The summed E-state index contributed by atoms with van der Waals surface area (Å²) >= 11 is 0. The summed E-state index contributed by atoms with van der Waals surface area (Å²) in [5.74, 6) is 0.283. The molecule has 0 aliphatic carbocycles. The number of hydrogen-bond donors (Lipinski definition) is 3. The first-order chi connectivity index (χ1) is 16.2. The molecule has 0 saturated carbocycles. The average molecular weight is 468 g/mol. The summed E-state index contributed by atoms with van der Waals surface area (Å²) in [6, 6.07) is 9.96. The molecule has 0 radical (unpaired) electrons. The second-order valence-electron chi connectivity index (χ2n) is 8.26. The number of rotatable bonds is 12. The van der Waals surface area contributed by atoms with E-state index in [1.165, 1.54) is 13.3 Å². The van der Waals surface area contributed by atoms with Crippen LogP contribution in [0, 0.1) is 12.8 Å². The van der Waals surface area contributed by atoms with Crippen molar-refractivity contribution >= 4 is 18.0 Å². The van der Waals surface area contributed by atoms with Crippen LogP contribution in [0.3, 0.4) is 0 Å². The summed E-state index contributed by atoms with van der Waals surface area (Å²) in [6.45, 7) is 9.30. The number of aromatic hydroxyl groups is 1. The van der Waals surface area contributed by atoms with Crippen molar-refractivity contribution in [2.24, 2.45) is 11.0 Å². The van der Waals surface area contributed by atoms with Gasteiger partial charge >= 0.3 is 0 Å². The zero-order valence-corrected chi connectivity index (χ0v) is 20.1. The molecule has 0 heterocycles. The fraction of sp³-hybridized carbons (Fsp3) is 0.346. The third kappa shape index (κ3) is 7.95. The molecule has 1 atom stereocenters. The molecule has 0 saturated heterocycles. The maximum absolute atomic E-state index is 12.7. The van der Waals surface area contributed by atoms with E-state index in [0.717, 1.165) is 5.56 Å². The van der Waals surface area contributed by atoms with Gasteiger partial charge in [0, 0.05) is 5.56 Å². The molecule has 8 nitrogen and oxygen atoms in total.